The lowest BCUT2D eigenvalue weighted by molar-refractivity contribution is -0.181. The molecule has 1 heterocycles. The molecule has 46 heavy (non-hydrogen) atoms. The van der Waals surface area contributed by atoms with E-state index in [4.69, 9.17) is 33.2 Å². The van der Waals surface area contributed by atoms with Crippen LogP contribution in [0.4, 0.5) is 9.59 Å². The van der Waals surface area contributed by atoms with Crippen LogP contribution in [0.1, 0.15) is 69.2 Å². The standard InChI is InChI=1S/C29H46N4O13/c1-12-41-22(20(43-17(4)36)14-42-16(3)35)23-21(30-15(2)34)18(13-19(44-23)24(37)40-11)31-25(32-26(38)45-28(5,6)7)33-27(39)46-29(8,9)10/h13,18,20-23H,12,14H2,1-11H3,(H,30,34)(H2,31,32,33,38,39)/t18-,20+,21+,22+,23+/m0/s1. The summed E-state index contributed by atoms with van der Waals surface area (Å²) in [5.41, 5.74) is -1.86. The molecule has 5 atom stereocenters. The first-order chi connectivity index (χ1) is 21.1. The average Bonchev–Trinajstić information content (AvgIpc) is 2.87. The van der Waals surface area contributed by atoms with Crippen LogP contribution in [0.15, 0.2) is 16.8 Å². The monoisotopic (exact) mass is 658 g/mol. The van der Waals surface area contributed by atoms with Gasteiger partial charge in [-0.2, -0.15) is 0 Å². The summed E-state index contributed by atoms with van der Waals surface area (Å²) in [6.07, 6.45) is -4.74. The summed E-state index contributed by atoms with van der Waals surface area (Å²) in [6, 6.07) is -2.50. The van der Waals surface area contributed by atoms with Crippen LogP contribution in [0, 0.1) is 0 Å². The predicted octanol–water partition coefficient (Wildman–Crippen LogP) is 1.62. The van der Waals surface area contributed by atoms with Crippen LogP contribution in [-0.2, 0) is 52.3 Å². The lowest BCUT2D eigenvalue weighted by atomic mass is 9.92. The zero-order valence-corrected chi connectivity index (χ0v) is 28.1. The van der Waals surface area contributed by atoms with Gasteiger partial charge in [0.1, 0.15) is 23.9 Å². The summed E-state index contributed by atoms with van der Waals surface area (Å²) in [7, 11) is 1.10. The van der Waals surface area contributed by atoms with Crippen molar-refractivity contribution in [3.05, 3.63) is 11.8 Å². The quantitative estimate of drug-likeness (QED) is 0.132. The molecule has 0 aromatic carbocycles. The third-order valence-electron chi connectivity index (χ3n) is 5.40. The van der Waals surface area contributed by atoms with Crippen molar-refractivity contribution in [2.24, 2.45) is 4.99 Å². The van der Waals surface area contributed by atoms with Gasteiger partial charge in [-0.05, 0) is 54.5 Å². The molecule has 0 aliphatic carbocycles. The van der Waals surface area contributed by atoms with Crippen LogP contribution >= 0.6 is 0 Å². The second kappa shape index (κ2) is 17.3. The molecule has 1 aliphatic rings. The maximum absolute atomic E-state index is 12.8. The molecule has 1 aliphatic heterocycles. The molecule has 0 saturated carbocycles. The van der Waals surface area contributed by atoms with Crippen molar-refractivity contribution < 1.29 is 61.9 Å². The van der Waals surface area contributed by atoms with Crippen LogP contribution < -0.4 is 16.0 Å². The normalized spacial score (nSPS) is 19.0. The van der Waals surface area contributed by atoms with Gasteiger partial charge in [-0.25, -0.2) is 19.4 Å². The number of methoxy groups -OCH3 is 1. The second-order valence-corrected chi connectivity index (χ2v) is 11.9. The van der Waals surface area contributed by atoms with Gasteiger partial charge >= 0.3 is 30.1 Å². The van der Waals surface area contributed by atoms with Crippen LogP contribution in [0.5, 0.6) is 0 Å². The average molecular weight is 659 g/mol. The molecule has 0 radical (unpaired) electrons. The smallest absolute Gasteiger partial charge is 0.414 e. The highest BCUT2D eigenvalue weighted by molar-refractivity contribution is 6.01. The number of ether oxygens (including phenoxy) is 7. The van der Waals surface area contributed by atoms with E-state index in [2.05, 4.69) is 20.9 Å². The molecule has 3 amide bonds. The minimum atomic E-state index is -1.36. The van der Waals surface area contributed by atoms with E-state index in [-0.39, 0.29) is 6.61 Å². The molecule has 0 aromatic rings. The molecule has 3 N–H and O–H groups in total. The maximum Gasteiger partial charge on any atom is 0.414 e. The lowest BCUT2D eigenvalue weighted by Gasteiger charge is -2.41. The van der Waals surface area contributed by atoms with E-state index >= 15 is 0 Å². The number of aliphatic imine (C=N–C) groups is 1. The highest BCUT2D eigenvalue weighted by atomic mass is 16.6. The molecule has 0 saturated heterocycles. The fourth-order valence-electron chi connectivity index (χ4n) is 3.98. The van der Waals surface area contributed by atoms with Gasteiger partial charge in [-0.3, -0.25) is 25.0 Å². The van der Waals surface area contributed by atoms with Gasteiger partial charge in [0.25, 0.3) is 0 Å². The lowest BCUT2D eigenvalue weighted by Crippen LogP contribution is -2.61. The van der Waals surface area contributed by atoms with Gasteiger partial charge in [-0.15, -0.1) is 0 Å². The molecular formula is C29H46N4O13. The van der Waals surface area contributed by atoms with E-state index in [1.165, 1.54) is 13.0 Å². The summed E-state index contributed by atoms with van der Waals surface area (Å²) < 4.78 is 37.8. The Bertz CT molecular complexity index is 1150. The molecule has 0 spiro atoms. The fraction of sp³-hybridized carbons (Fsp3) is 0.690. The molecule has 0 fully saturated rings. The highest BCUT2D eigenvalue weighted by Gasteiger charge is 2.47. The van der Waals surface area contributed by atoms with Crippen LogP contribution in [0.25, 0.3) is 0 Å². The minimum Gasteiger partial charge on any atom is -0.478 e. The number of alkyl carbamates (subject to hydrolysis) is 2. The van der Waals surface area contributed by atoms with Crippen LogP contribution in [0.2, 0.25) is 0 Å². The number of guanidine groups is 1. The number of amides is 3. The number of hydrogen-bond donors (Lipinski definition) is 3. The van der Waals surface area contributed by atoms with Crippen molar-refractivity contribution in [3.8, 4) is 0 Å². The Morgan fingerprint density at radius 2 is 1.46 bits per heavy atom. The Morgan fingerprint density at radius 1 is 0.913 bits per heavy atom. The van der Waals surface area contributed by atoms with Crippen molar-refractivity contribution in [1.29, 1.82) is 0 Å². The van der Waals surface area contributed by atoms with Gasteiger partial charge in [0, 0.05) is 27.4 Å². The Kier molecular flexibility index (Phi) is 14.9. The molecule has 260 valence electrons. The number of hydrogen-bond acceptors (Lipinski definition) is 14. The van der Waals surface area contributed by atoms with Crippen LogP contribution in [-0.4, -0.2) is 104 Å². The highest BCUT2D eigenvalue weighted by Crippen LogP contribution is 2.28. The van der Waals surface area contributed by atoms with E-state index in [9.17, 15) is 28.8 Å². The van der Waals surface area contributed by atoms with E-state index < -0.39 is 95.9 Å². The first-order valence-electron chi connectivity index (χ1n) is 14.4. The molecule has 0 bridgehead atoms. The molecule has 17 nitrogen and oxygen atoms in total. The number of nitrogens with zero attached hydrogens (tertiary/aromatic N) is 1. The van der Waals surface area contributed by atoms with Gasteiger partial charge in [-0.1, -0.05) is 0 Å². The topological polar surface area (TPSA) is 215 Å². The Labute approximate surface area is 268 Å². The summed E-state index contributed by atoms with van der Waals surface area (Å²) in [6.45, 7) is 14.4. The number of rotatable bonds is 10. The van der Waals surface area contributed by atoms with Crippen LogP contribution in [0.3, 0.4) is 0 Å². The summed E-state index contributed by atoms with van der Waals surface area (Å²) >= 11 is 0. The Morgan fingerprint density at radius 3 is 1.87 bits per heavy atom. The van der Waals surface area contributed by atoms with Crippen molar-refractivity contribution in [2.45, 2.75) is 111 Å². The summed E-state index contributed by atoms with van der Waals surface area (Å²) in [5, 5.41) is 7.36. The molecule has 17 heteroatoms. The number of carbonyl (C=O) groups excluding carboxylic acids is 6. The fourth-order valence-corrected chi connectivity index (χ4v) is 3.98. The zero-order chi connectivity index (χ0) is 35.4. The Hall–Kier alpha value is -4.41. The van der Waals surface area contributed by atoms with E-state index in [0.717, 1.165) is 21.0 Å². The summed E-state index contributed by atoms with van der Waals surface area (Å²) in [5.74, 6) is -3.83. The SMILES string of the molecule is CCO[C@@H]([C@@H]1OC(C(=O)OC)=C[C@H](N=C(NC(=O)OC(C)(C)C)NC(=O)OC(C)(C)C)[C@H]1NC(C)=O)[C@@H](COC(C)=O)OC(C)=O. The van der Waals surface area contributed by atoms with Gasteiger partial charge in [0.05, 0.1) is 19.2 Å². The van der Waals surface area contributed by atoms with Gasteiger partial charge < -0.3 is 38.5 Å². The van der Waals surface area contributed by atoms with Gasteiger partial charge in [0.15, 0.2) is 12.2 Å². The predicted molar refractivity (Wildman–Crippen MR) is 160 cm³/mol. The van der Waals surface area contributed by atoms with Crippen molar-refractivity contribution in [2.75, 3.05) is 20.3 Å². The second-order valence-electron chi connectivity index (χ2n) is 11.9. The Balaban J connectivity index is 3.87. The van der Waals surface area contributed by atoms with Crippen molar-refractivity contribution in [3.63, 3.8) is 0 Å². The third-order valence-corrected chi connectivity index (χ3v) is 5.40. The number of esters is 3. The molecule has 0 aromatic heterocycles. The summed E-state index contributed by atoms with van der Waals surface area (Å²) in [4.78, 5) is 78.8. The van der Waals surface area contributed by atoms with Crippen molar-refractivity contribution >= 4 is 42.0 Å². The molecular weight excluding hydrogens is 612 g/mol. The largest absolute Gasteiger partial charge is 0.478 e. The first kappa shape index (κ1) is 39.6. The third kappa shape index (κ3) is 14.6. The minimum absolute atomic E-state index is 0.0199. The number of nitrogens with one attached hydrogen (secondary N) is 3. The maximum atomic E-state index is 12.8. The van der Waals surface area contributed by atoms with E-state index in [1.54, 1.807) is 48.5 Å². The first-order valence-corrected chi connectivity index (χ1v) is 14.4. The van der Waals surface area contributed by atoms with E-state index in [1.807, 2.05) is 0 Å². The van der Waals surface area contributed by atoms with Gasteiger partial charge in [0.2, 0.25) is 17.6 Å². The zero-order valence-electron chi connectivity index (χ0n) is 28.1. The van der Waals surface area contributed by atoms with Crippen molar-refractivity contribution in [1.82, 2.24) is 16.0 Å². The van der Waals surface area contributed by atoms with E-state index in [0.29, 0.717) is 0 Å². The number of carbonyl (C=O) groups is 6. The molecule has 1 rings (SSSR count). The molecule has 0 unspecified atom stereocenters.